The number of hydrogen-bond acceptors (Lipinski definition) is 9. The third kappa shape index (κ3) is 7.75. The Kier molecular flexibility index (Phi) is 8.08. The van der Waals surface area contributed by atoms with Crippen LogP contribution in [0.4, 0.5) is 27.9 Å². The van der Waals surface area contributed by atoms with Gasteiger partial charge in [-0.15, -0.1) is 0 Å². The SMILES string of the molecule is CC(C)(C)OC(=O)N[C@H]1CC[C@H](CNc2nc(NCc3ccc(N)cc3)ncc2[N+](=O)[O-])CC1. The van der Waals surface area contributed by atoms with Gasteiger partial charge in [0.25, 0.3) is 0 Å². The van der Waals surface area contributed by atoms with Gasteiger partial charge in [-0.2, -0.15) is 4.98 Å². The van der Waals surface area contributed by atoms with Gasteiger partial charge < -0.3 is 26.4 Å². The number of rotatable bonds is 8. The van der Waals surface area contributed by atoms with Gasteiger partial charge in [0.15, 0.2) is 0 Å². The van der Waals surface area contributed by atoms with Crippen molar-refractivity contribution < 1.29 is 14.5 Å². The van der Waals surface area contributed by atoms with Crippen LogP contribution in [0.15, 0.2) is 30.5 Å². The zero-order valence-electron chi connectivity index (χ0n) is 19.8. The first-order valence-corrected chi connectivity index (χ1v) is 11.4. The molecular formula is C23H33N7O4. The Morgan fingerprint density at radius 2 is 1.85 bits per heavy atom. The van der Waals surface area contributed by atoms with Gasteiger partial charge in [0.2, 0.25) is 11.8 Å². The number of nitrogens with one attached hydrogen (secondary N) is 3. The van der Waals surface area contributed by atoms with Crippen molar-refractivity contribution in [1.82, 2.24) is 15.3 Å². The van der Waals surface area contributed by atoms with Gasteiger partial charge >= 0.3 is 11.8 Å². The molecule has 3 rings (SSSR count). The van der Waals surface area contributed by atoms with E-state index in [9.17, 15) is 14.9 Å². The van der Waals surface area contributed by atoms with E-state index in [-0.39, 0.29) is 17.5 Å². The highest BCUT2D eigenvalue weighted by molar-refractivity contribution is 5.68. The molecule has 1 fully saturated rings. The van der Waals surface area contributed by atoms with E-state index >= 15 is 0 Å². The standard InChI is InChI=1S/C23H33N7O4/c1-23(2,3)34-22(31)28-18-10-6-16(7-11-18)12-25-20-19(30(32)33)14-27-21(29-20)26-13-15-4-8-17(24)9-5-15/h4-5,8-9,14,16,18H,6-7,10-13,24H2,1-3H3,(H,28,31)(H2,25,26,27,29)/t16-,18-. The number of carbonyl (C=O) groups excluding carboxylic acids is 1. The Labute approximate surface area is 199 Å². The van der Waals surface area contributed by atoms with Crippen LogP contribution in [-0.4, -0.2) is 39.2 Å². The average Bonchev–Trinajstić information content (AvgIpc) is 2.77. The fourth-order valence-electron chi connectivity index (χ4n) is 3.77. The Morgan fingerprint density at radius 3 is 2.47 bits per heavy atom. The van der Waals surface area contributed by atoms with E-state index in [1.54, 1.807) is 12.1 Å². The number of benzene rings is 1. The van der Waals surface area contributed by atoms with Gasteiger partial charge in [-0.25, -0.2) is 9.78 Å². The summed E-state index contributed by atoms with van der Waals surface area (Å²) in [5.41, 5.74) is 6.67. The highest BCUT2D eigenvalue weighted by Crippen LogP contribution is 2.27. The topological polar surface area (TPSA) is 157 Å². The number of nitrogens with two attached hydrogens (primary N) is 1. The summed E-state index contributed by atoms with van der Waals surface area (Å²) < 4.78 is 5.32. The maximum Gasteiger partial charge on any atom is 0.407 e. The Morgan fingerprint density at radius 1 is 1.18 bits per heavy atom. The molecule has 0 bridgehead atoms. The van der Waals surface area contributed by atoms with Crippen LogP contribution in [0.5, 0.6) is 0 Å². The summed E-state index contributed by atoms with van der Waals surface area (Å²) in [6, 6.07) is 7.46. The first-order chi connectivity index (χ1) is 16.1. The smallest absolute Gasteiger partial charge is 0.407 e. The predicted octanol–water partition coefficient (Wildman–Crippen LogP) is 4.07. The zero-order chi connectivity index (χ0) is 24.7. The summed E-state index contributed by atoms with van der Waals surface area (Å²) in [6.07, 6.45) is 4.23. The summed E-state index contributed by atoms with van der Waals surface area (Å²) in [4.78, 5) is 31.3. The molecule has 0 atom stereocenters. The van der Waals surface area contributed by atoms with Gasteiger partial charge in [-0.1, -0.05) is 12.1 Å². The van der Waals surface area contributed by atoms with Crippen LogP contribution >= 0.6 is 0 Å². The Bertz CT molecular complexity index is 984. The molecule has 1 aliphatic rings. The molecule has 0 radical (unpaired) electrons. The third-order valence-corrected chi connectivity index (χ3v) is 5.52. The van der Waals surface area contributed by atoms with Crippen molar-refractivity contribution in [3.8, 4) is 0 Å². The lowest BCUT2D eigenvalue weighted by molar-refractivity contribution is -0.384. The first-order valence-electron chi connectivity index (χ1n) is 11.4. The summed E-state index contributed by atoms with van der Waals surface area (Å²) in [6.45, 7) is 6.52. The maximum atomic E-state index is 12.0. The number of aromatic nitrogens is 2. The predicted molar refractivity (Wildman–Crippen MR) is 130 cm³/mol. The van der Waals surface area contributed by atoms with Crippen LogP contribution in [0.3, 0.4) is 0 Å². The van der Waals surface area contributed by atoms with E-state index in [0.717, 1.165) is 31.2 Å². The molecule has 34 heavy (non-hydrogen) atoms. The molecule has 0 saturated heterocycles. The van der Waals surface area contributed by atoms with Crippen LogP contribution in [0.25, 0.3) is 0 Å². The Hall–Kier alpha value is -3.63. The minimum atomic E-state index is -0.528. The molecule has 1 heterocycles. The van der Waals surface area contributed by atoms with Crippen LogP contribution in [0.1, 0.15) is 52.0 Å². The highest BCUT2D eigenvalue weighted by Gasteiger charge is 2.26. The number of nitro groups is 1. The molecule has 1 aromatic carbocycles. The molecule has 1 aromatic heterocycles. The normalized spacial score (nSPS) is 18.1. The van der Waals surface area contributed by atoms with Crippen molar-refractivity contribution in [2.75, 3.05) is 22.9 Å². The third-order valence-electron chi connectivity index (χ3n) is 5.52. The first kappa shape index (κ1) is 25.0. The summed E-state index contributed by atoms with van der Waals surface area (Å²) in [5, 5.41) is 20.6. The van der Waals surface area contributed by atoms with Crippen molar-refractivity contribution in [1.29, 1.82) is 0 Å². The van der Waals surface area contributed by atoms with E-state index in [2.05, 4.69) is 25.9 Å². The lowest BCUT2D eigenvalue weighted by Crippen LogP contribution is -2.41. The maximum absolute atomic E-state index is 12.0. The summed E-state index contributed by atoms with van der Waals surface area (Å²) >= 11 is 0. The molecular weight excluding hydrogens is 438 g/mol. The number of hydrogen-bond donors (Lipinski definition) is 4. The van der Waals surface area contributed by atoms with Gasteiger partial charge in [0, 0.05) is 24.8 Å². The van der Waals surface area contributed by atoms with Crippen LogP contribution in [0, 0.1) is 16.0 Å². The molecule has 11 nitrogen and oxygen atoms in total. The van der Waals surface area contributed by atoms with Gasteiger partial charge in [0.05, 0.1) is 4.92 Å². The molecule has 0 spiro atoms. The minimum Gasteiger partial charge on any atom is -0.444 e. The van der Waals surface area contributed by atoms with Crippen molar-refractivity contribution in [3.05, 3.63) is 46.1 Å². The summed E-state index contributed by atoms with van der Waals surface area (Å²) in [7, 11) is 0. The Balaban J connectivity index is 1.52. The number of carbonyl (C=O) groups is 1. The fourth-order valence-corrected chi connectivity index (χ4v) is 3.77. The van der Waals surface area contributed by atoms with E-state index in [1.807, 2.05) is 32.9 Å². The highest BCUT2D eigenvalue weighted by atomic mass is 16.6. The molecule has 5 N–H and O–H groups in total. The number of nitrogen functional groups attached to an aromatic ring is 1. The second kappa shape index (κ2) is 11.0. The number of alkyl carbamates (subject to hydrolysis) is 1. The zero-order valence-corrected chi connectivity index (χ0v) is 19.8. The molecule has 0 unspecified atom stereocenters. The summed E-state index contributed by atoms with van der Waals surface area (Å²) in [5.74, 6) is 0.807. The van der Waals surface area contributed by atoms with E-state index in [4.69, 9.17) is 10.5 Å². The largest absolute Gasteiger partial charge is 0.444 e. The molecule has 1 aliphatic carbocycles. The number of ether oxygens (including phenoxy) is 1. The number of nitrogens with zero attached hydrogens (tertiary/aromatic N) is 3. The molecule has 11 heteroatoms. The van der Waals surface area contributed by atoms with Crippen molar-refractivity contribution in [2.45, 2.75) is 64.6 Å². The number of anilines is 3. The van der Waals surface area contributed by atoms with Crippen LogP contribution in [-0.2, 0) is 11.3 Å². The van der Waals surface area contributed by atoms with Crippen molar-refractivity contribution in [2.24, 2.45) is 5.92 Å². The van der Waals surface area contributed by atoms with Crippen molar-refractivity contribution >= 4 is 29.2 Å². The van der Waals surface area contributed by atoms with Crippen molar-refractivity contribution in [3.63, 3.8) is 0 Å². The van der Waals surface area contributed by atoms with E-state index in [1.165, 1.54) is 6.20 Å². The van der Waals surface area contributed by atoms with Gasteiger partial charge in [-0.3, -0.25) is 10.1 Å². The molecule has 184 valence electrons. The second-order valence-corrected chi connectivity index (χ2v) is 9.52. The minimum absolute atomic E-state index is 0.0728. The molecule has 1 saturated carbocycles. The fraction of sp³-hybridized carbons (Fsp3) is 0.522. The van der Waals surface area contributed by atoms with Gasteiger partial charge in [0.1, 0.15) is 11.8 Å². The van der Waals surface area contributed by atoms with Gasteiger partial charge in [-0.05, 0) is 70.1 Å². The molecule has 0 aliphatic heterocycles. The quantitative estimate of drug-likeness (QED) is 0.253. The lowest BCUT2D eigenvalue weighted by atomic mass is 9.86. The van der Waals surface area contributed by atoms with E-state index in [0.29, 0.717) is 30.6 Å². The van der Waals surface area contributed by atoms with Crippen LogP contribution in [0.2, 0.25) is 0 Å². The number of amides is 1. The van der Waals surface area contributed by atoms with Crippen LogP contribution < -0.4 is 21.7 Å². The monoisotopic (exact) mass is 471 g/mol. The molecule has 1 amide bonds. The lowest BCUT2D eigenvalue weighted by Gasteiger charge is -2.30. The average molecular weight is 472 g/mol. The molecule has 2 aromatic rings. The van der Waals surface area contributed by atoms with E-state index < -0.39 is 16.6 Å². The second-order valence-electron chi connectivity index (χ2n) is 9.52.